The Labute approximate surface area is 728 Å². The average Bonchev–Trinajstić information content (AvgIpc) is 1.66. The van der Waals surface area contributed by atoms with Gasteiger partial charge >= 0.3 is 23.9 Å². The molecule has 0 unspecified atom stereocenters. The number of aryl methyl sites for hydroxylation is 8. The molecule has 0 bridgehead atoms. The summed E-state index contributed by atoms with van der Waals surface area (Å²) in [6.07, 6.45) is 2.34. The molecule has 0 saturated carbocycles. The van der Waals surface area contributed by atoms with E-state index in [0.29, 0.717) is 86.5 Å². The smallest absolute Gasteiger partial charge is 0.334 e. The van der Waals surface area contributed by atoms with Gasteiger partial charge in [0, 0.05) is 70.4 Å². The second-order valence-electron chi connectivity index (χ2n) is 35.7. The molecular formula is C98H128N12O13. The van der Waals surface area contributed by atoms with E-state index in [2.05, 4.69) is 128 Å². The largest absolute Gasteiger partial charge is 0.454 e. The molecule has 0 aliphatic rings. The lowest BCUT2D eigenvalue weighted by Gasteiger charge is -2.20. The number of carbonyl (C=O) groups is 4. The van der Waals surface area contributed by atoms with Gasteiger partial charge in [-0.05, 0) is 155 Å². The maximum absolute atomic E-state index is 12.2. The van der Waals surface area contributed by atoms with Gasteiger partial charge < -0.3 is 42.6 Å². The van der Waals surface area contributed by atoms with Crippen molar-refractivity contribution in [3.63, 3.8) is 0 Å². The molecule has 658 valence electrons. The Hall–Kier alpha value is -12.3. The van der Waals surface area contributed by atoms with Crippen LogP contribution in [0.3, 0.4) is 0 Å². The highest BCUT2D eigenvalue weighted by Crippen LogP contribution is 2.38. The number of nitriles is 4. The van der Waals surface area contributed by atoms with E-state index in [1.54, 1.807) is 60.6 Å². The summed E-state index contributed by atoms with van der Waals surface area (Å²) in [5, 5.41) is 57.9. The number of hydrogen-bond acceptors (Lipinski definition) is 21. The van der Waals surface area contributed by atoms with Gasteiger partial charge in [0.1, 0.15) is 76.0 Å². The molecule has 8 aromatic rings. The summed E-state index contributed by atoms with van der Waals surface area (Å²) in [4.78, 5) is 47.6. The van der Waals surface area contributed by atoms with Crippen molar-refractivity contribution in [3.8, 4) is 24.3 Å². The van der Waals surface area contributed by atoms with E-state index in [4.69, 9.17) is 42.6 Å². The Morgan fingerprint density at radius 1 is 0.366 bits per heavy atom. The number of ether oxygens (including phenoxy) is 9. The SMILES string of the molecule is CCCCC(=O)OCO/C(=C(/C#N)c1ccc(C(C)(C)C)cc1)c1c(C)c(C)nn1C.COCC(=O)OCO/C(=C(/C#N)c1ccc(C(C)(C)C)cc1)c1c(C)c(C)nn1C.Cc1nn(C)c(/C(OCOC(=O)C(C)(C)C)=C(\C#N)c2ccc(C(C)(C)C)cc2)c1C.Cc1nn(C)c(/C(OCOC(=O)CC(C)C)=C(\C#N)c2ccc(C(C)(C)C)cc2)c1C. The molecule has 4 aromatic heterocycles. The van der Waals surface area contributed by atoms with Crippen molar-refractivity contribution in [2.24, 2.45) is 39.5 Å². The topological polar surface area (TPSA) is 318 Å². The van der Waals surface area contributed by atoms with E-state index in [1.165, 1.54) is 23.8 Å². The fourth-order valence-corrected chi connectivity index (χ4v) is 12.7. The molecule has 0 spiro atoms. The Morgan fingerprint density at radius 2 is 0.602 bits per heavy atom. The van der Waals surface area contributed by atoms with Gasteiger partial charge in [0.05, 0.1) is 28.2 Å². The van der Waals surface area contributed by atoms with E-state index < -0.39 is 11.4 Å². The van der Waals surface area contributed by atoms with Gasteiger partial charge in [-0.1, -0.05) is 207 Å². The average molecular weight is 1680 g/mol. The Bertz CT molecular complexity index is 5310. The Morgan fingerprint density at radius 3 is 0.797 bits per heavy atom. The highest BCUT2D eigenvalue weighted by atomic mass is 16.7. The predicted octanol–water partition coefficient (Wildman–Crippen LogP) is 19.9. The molecule has 0 saturated heterocycles. The van der Waals surface area contributed by atoms with Gasteiger partial charge in [0.2, 0.25) is 27.2 Å². The molecule has 25 nitrogen and oxygen atoms in total. The molecule has 25 heteroatoms. The third-order valence-electron chi connectivity index (χ3n) is 20.3. The molecule has 0 atom stereocenters. The first-order valence-electron chi connectivity index (χ1n) is 41.1. The molecule has 8 rings (SSSR count). The van der Waals surface area contributed by atoms with E-state index in [0.717, 1.165) is 80.1 Å². The zero-order chi connectivity index (χ0) is 92.6. The van der Waals surface area contributed by atoms with Crippen molar-refractivity contribution >= 4 is 69.2 Å². The van der Waals surface area contributed by atoms with Gasteiger partial charge in [-0.15, -0.1) is 0 Å². The van der Waals surface area contributed by atoms with Gasteiger partial charge in [-0.2, -0.15) is 41.4 Å². The molecule has 0 aliphatic carbocycles. The van der Waals surface area contributed by atoms with Crippen LogP contribution in [-0.2, 0) is 112 Å². The number of carbonyl (C=O) groups excluding carboxylic acids is 4. The van der Waals surface area contributed by atoms with Crippen LogP contribution in [0.2, 0.25) is 0 Å². The first-order chi connectivity index (χ1) is 57.4. The van der Waals surface area contributed by atoms with Crippen LogP contribution in [0.1, 0.15) is 263 Å². The van der Waals surface area contributed by atoms with Crippen LogP contribution in [0.15, 0.2) is 97.1 Å². The van der Waals surface area contributed by atoms with Crippen molar-refractivity contribution in [3.05, 3.63) is 209 Å². The van der Waals surface area contributed by atoms with E-state index in [9.17, 15) is 40.2 Å². The molecule has 0 fully saturated rings. The minimum Gasteiger partial charge on any atom is -0.454 e. The van der Waals surface area contributed by atoms with E-state index in [1.807, 2.05) is 180 Å². The van der Waals surface area contributed by atoms with E-state index in [-0.39, 0.29) is 79.3 Å². The lowest BCUT2D eigenvalue weighted by Crippen LogP contribution is -2.24. The summed E-state index contributed by atoms with van der Waals surface area (Å²) >= 11 is 0. The minimum absolute atomic E-state index is 0.000328. The number of rotatable bonds is 27. The second kappa shape index (κ2) is 44.5. The molecule has 4 aromatic carbocycles. The number of nitrogens with zero attached hydrogens (tertiary/aromatic N) is 12. The third kappa shape index (κ3) is 28.1. The van der Waals surface area contributed by atoms with Crippen LogP contribution in [0.4, 0.5) is 0 Å². The molecular weight excluding hydrogens is 1550 g/mol. The van der Waals surface area contributed by atoms with Gasteiger partial charge in [-0.25, -0.2) is 4.79 Å². The highest BCUT2D eigenvalue weighted by Gasteiger charge is 2.30. The summed E-state index contributed by atoms with van der Waals surface area (Å²) in [7, 11) is 8.61. The highest BCUT2D eigenvalue weighted by molar-refractivity contribution is 5.98. The summed E-state index contributed by atoms with van der Waals surface area (Å²) in [6.45, 7) is 50.9. The van der Waals surface area contributed by atoms with Crippen molar-refractivity contribution < 1.29 is 61.8 Å². The maximum atomic E-state index is 12.2. The molecule has 4 heterocycles. The summed E-state index contributed by atoms with van der Waals surface area (Å²) in [6, 6.07) is 40.6. The fourth-order valence-electron chi connectivity index (χ4n) is 12.7. The van der Waals surface area contributed by atoms with Crippen LogP contribution in [0.5, 0.6) is 0 Å². The maximum Gasteiger partial charge on any atom is 0.334 e. The number of benzene rings is 4. The number of aromatic nitrogens is 8. The lowest BCUT2D eigenvalue weighted by atomic mass is 9.86. The van der Waals surface area contributed by atoms with E-state index >= 15 is 0 Å². The molecule has 0 N–H and O–H groups in total. The zero-order valence-corrected chi connectivity index (χ0v) is 78.4. The summed E-state index contributed by atoms with van der Waals surface area (Å²) < 4.78 is 55.9. The molecule has 0 amide bonds. The van der Waals surface area contributed by atoms with Crippen molar-refractivity contribution in [1.82, 2.24) is 39.1 Å². The number of methoxy groups -OCH3 is 1. The quantitative estimate of drug-likeness (QED) is 0.0152. The van der Waals surface area contributed by atoms with Crippen LogP contribution in [0.25, 0.3) is 45.3 Å². The predicted molar refractivity (Wildman–Crippen MR) is 479 cm³/mol. The number of allylic oxidation sites excluding steroid dienone is 4. The zero-order valence-electron chi connectivity index (χ0n) is 78.4. The van der Waals surface area contributed by atoms with Crippen LogP contribution in [0, 0.1) is 112 Å². The summed E-state index contributed by atoms with van der Waals surface area (Å²) in [5.74, 6) is -0.0208. The van der Waals surface area contributed by atoms with Gasteiger partial charge in [0.25, 0.3) is 0 Å². The monoisotopic (exact) mass is 1680 g/mol. The Kier molecular flexibility index (Phi) is 36.6. The third-order valence-corrected chi connectivity index (χ3v) is 20.3. The second-order valence-corrected chi connectivity index (χ2v) is 35.7. The van der Waals surface area contributed by atoms with Crippen LogP contribution < -0.4 is 0 Å². The normalized spacial score (nSPS) is 12.4. The molecule has 123 heavy (non-hydrogen) atoms. The van der Waals surface area contributed by atoms with Crippen LogP contribution in [-0.4, -0.2) is 104 Å². The van der Waals surface area contributed by atoms with Gasteiger partial charge in [0.15, 0.2) is 23.0 Å². The van der Waals surface area contributed by atoms with Gasteiger partial charge in [-0.3, -0.25) is 33.1 Å². The summed E-state index contributed by atoms with van der Waals surface area (Å²) in [5.41, 5.74) is 18.1. The van der Waals surface area contributed by atoms with Crippen molar-refractivity contribution in [2.75, 3.05) is 40.9 Å². The van der Waals surface area contributed by atoms with Crippen molar-refractivity contribution in [1.29, 1.82) is 21.0 Å². The number of hydrogen-bond donors (Lipinski definition) is 0. The standard InChI is InChI=1S/3C25H33N3O3.C23H29N3O4/c1-16-17(2)27-28(9)21(16)22(30-15-31-23(29)25(6,7)8)20(14-26)18-10-12-19(13-11-18)24(3,4)5;1-16(2)13-22(29)30-15-31-24(23-17(3)18(4)27-28(23)8)21(14-26)19-9-11-20(12-10-19)25(5,6)7;1-8-9-10-22(29)30-16-31-24(23-17(2)18(3)27-28(23)7)21(15-26)19-11-13-20(14-12-19)25(4,5)6;1-15-16(2)25-26(6)21(15)22(30-14-29-20(27)13-28-7)19(12-24)17-8-10-18(11-9-17)23(3,4)5/h10-13H,15H2,1-9H3;9-12,16H,13,15H2,1-8H3;11-14H,8-10,16H2,1-7H3;8-11H,13-14H2,1-7H3/b22-20-;2*24-21-;22-19-. The first-order valence-corrected chi connectivity index (χ1v) is 41.1. The lowest BCUT2D eigenvalue weighted by molar-refractivity contribution is -0.161. The molecule has 0 aliphatic heterocycles. The number of esters is 4. The fraction of sp³-hybridized carbons (Fsp3) is 0.469. The van der Waals surface area contributed by atoms with Crippen molar-refractivity contribution in [2.45, 2.75) is 227 Å². The first kappa shape index (κ1) is 101. The Balaban J connectivity index is 0.000000291. The molecule has 0 radical (unpaired) electrons. The number of unbranched alkanes of at least 4 members (excludes halogenated alkanes) is 1. The van der Waals surface area contributed by atoms with Crippen LogP contribution >= 0.6 is 0 Å². The minimum atomic E-state index is -0.646.